The fourth-order valence-corrected chi connectivity index (χ4v) is 2.20. The number of aliphatic hydroxyl groups is 1. The minimum atomic E-state index is -0.231. The molecule has 0 heterocycles. The minimum absolute atomic E-state index is 0.0891. The highest BCUT2D eigenvalue weighted by Gasteiger charge is 2.32. The van der Waals surface area contributed by atoms with Crippen molar-refractivity contribution in [2.24, 2.45) is 5.73 Å². The zero-order chi connectivity index (χ0) is 9.26. The Bertz CT molecular complexity index is 168. The molecule has 0 amide bonds. The normalized spacial score (nSPS) is 45.7. The molecule has 3 nitrogen and oxygen atoms in total. The zero-order valence-corrected chi connectivity index (χ0v) is 7.98. The van der Waals surface area contributed by atoms with E-state index in [0.717, 1.165) is 32.1 Å². The van der Waals surface area contributed by atoms with Crippen LogP contribution in [0.4, 0.5) is 0 Å². The lowest BCUT2D eigenvalue weighted by molar-refractivity contribution is -0.120. The molecule has 3 N–H and O–H groups in total. The molecule has 2 aliphatic carbocycles. The van der Waals surface area contributed by atoms with Crippen molar-refractivity contribution in [1.82, 2.24) is 0 Å². The van der Waals surface area contributed by atoms with E-state index in [2.05, 4.69) is 0 Å². The molecule has 13 heavy (non-hydrogen) atoms. The number of ether oxygens (including phenoxy) is 1. The Balaban J connectivity index is 1.73. The van der Waals surface area contributed by atoms with Crippen LogP contribution in [0, 0.1) is 0 Å². The largest absolute Gasteiger partial charge is 0.390 e. The topological polar surface area (TPSA) is 55.5 Å². The van der Waals surface area contributed by atoms with Gasteiger partial charge in [-0.25, -0.2) is 0 Å². The SMILES string of the molecule is NC1CC(OC2CCCCC2O)C1. The van der Waals surface area contributed by atoms with E-state index in [0.29, 0.717) is 12.1 Å². The molecule has 2 atom stereocenters. The van der Waals surface area contributed by atoms with Crippen LogP contribution in [-0.4, -0.2) is 29.5 Å². The lowest BCUT2D eigenvalue weighted by Crippen LogP contribution is -2.46. The van der Waals surface area contributed by atoms with Crippen LogP contribution >= 0.6 is 0 Å². The fraction of sp³-hybridized carbons (Fsp3) is 1.00. The first kappa shape index (κ1) is 9.44. The van der Waals surface area contributed by atoms with Crippen molar-refractivity contribution in [1.29, 1.82) is 0 Å². The van der Waals surface area contributed by atoms with Gasteiger partial charge < -0.3 is 15.6 Å². The van der Waals surface area contributed by atoms with Crippen molar-refractivity contribution in [3.05, 3.63) is 0 Å². The number of rotatable bonds is 2. The smallest absolute Gasteiger partial charge is 0.0837 e. The van der Waals surface area contributed by atoms with E-state index in [-0.39, 0.29) is 12.2 Å². The zero-order valence-electron chi connectivity index (χ0n) is 7.98. The third-order valence-corrected chi connectivity index (χ3v) is 3.17. The average Bonchev–Trinajstić information content (AvgIpc) is 2.06. The summed E-state index contributed by atoms with van der Waals surface area (Å²) >= 11 is 0. The van der Waals surface area contributed by atoms with E-state index in [1.165, 1.54) is 6.42 Å². The first-order chi connectivity index (χ1) is 6.25. The summed E-state index contributed by atoms with van der Waals surface area (Å²) < 4.78 is 5.78. The molecule has 2 rings (SSSR count). The van der Waals surface area contributed by atoms with Crippen LogP contribution in [0.15, 0.2) is 0 Å². The first-order valence-corrected chi connectivity index (χ1v) is 5.35. The second kappa shape index (κ2) is 3.95. The van der Waals surface area contributed by atoms with Crippen LogP contribution in [0.3, 0.4) is 0 Å². The van der Waals surface area contributed by atoms with E-state index in [4.69, 9.17) is 10.5 Å². The molecule has 0 spiro atoms. The predicted octanol–water partition coefficient (Wildman–Crippen LogP) is 0.796. The van der Waals surface area contributed by atoms with Crippen molar-refractivity contribution in [2.45, 2.75) is 62.9 Å². The number of aliphatic hydroxyl groups excluding tert-OH is 1. The van der Waals surface area contributed by atoms with Crippen molar-refractivity contribution < 1.29 is 9.84 Å². The van der Waals surface area contributed by atoms with Gasteiger partial charge in [0.15, 0.2) is 0 Å². The maximum atomic E-state index is 9.65. The molecular formula is C10H19NO2. The predicted molar refractivity (Wildman–Crippen MR) is 50.3 cm³/mol. The molecular weight excluding hydrogens is 166 g/mol. The third-order valence-electron chi connectivity index (χ3n) is 3.17. The van der Waals surface area contributed by atoms with E-state index in [1.54, 1.807) is 0 Å². The Morgan fingerprint density at radius 1 is 1.15 bits per heavy atom. The van der Waals surface area contributed by atoms with Gasteiger partial charge in [-0.3, -0.25) is 0 Å². The summed E-state index contributed by atoms with van der Waals surface area (Å²) in [6, 6.07) is 0.339. The third kappa shape index (κ3) is 2.22. The van der Waals surface area contributed by atoms with Gasteiger partial charge in [0.05, 0.1) is 18.3 Å². The van der Waals surface area contributed by atoms with Crippen LogP contribution in [0.25, 0.3) is 0 Å². The average molecular weight is 185 g/mol. The van der Waals surface area contributed by atoms with Crippen molar-refractivity contribution >= 4 is 0 Å². The second-order valence-electron chi connectivity index (χ2n) is 4.38. The maximum absolute atomic E-state index is 9.65. The van der Waals surface area contributed by atoms with Gasteiger partial charge in [0, 0.05) is 6.04 Å². The van der Waals surface area contributed by atoms with Gasteiger partial charge in [-0.1, -0.05) is 12.8 Å². The molecule has 0 aromatic rings. The Kier molecular flexibility index (Phi) is 2.86. The lowest BCUT2D eigenvalue weighted by atomic mass is 9.88. The van der Waals surface area contributed by atoms with Gasteiger partial charge >= 0.3 is 0 Å². The summed E-state index contributed by atoms with van der Waals surface area (Å²) in [7, 11) is 0. The molecule has 3 heteroatoms. The van der Waals surface area contributed by atoms with Crippen LogP contribution in [0.2, 0.25) is 0 Å². The molecule has 0 aromatic heterocycles. The van der Waals surface area contributed by atoms with Gasteiger partial charge in [-0.15, -0.1) is 0 Å². The Hall–Kier alpha value is -0.120. The highest BCUT2D eigenvalue weighted by atomic mass is 16.5. The summed E-state index contributed by atoms with van der Waals surface area (Å²) in [6.07, 6.45) is 6.40. The van der Waals surface area contributed by atoms with E-state index in [9.17, 15) is 5.11 Å². The Morgan fingerprint density at radius 3 is 2.46 bits per heavy atom. The van der Waals surface area contributed by atoms with Crippen LogP contribution in [0.1, 0.15) is 38.5 Å². The van der Waals surface area contributed by atoms with Gasteiger partial charge in [0.25, 0.3) is 0 Å². The molecule has 2 unspecified atom stereocenters. The fourth-order valence-electron chi connectivity index (χ4n) is 2.20. The van der Waals surface area contributed by atoms with Crippen molar-refractivity contribution in [3.63, 3.8) is 0 Å². The van der Waals surface area contributed by atoms with Gasteiger partial charge in [-0.05, 0) is 25.7 Å². The molecule has 2 fully saturated rings. The quantitative estimate of drug-likeness (QED) is 0.669. The standard InChI is InChI=1S/C10H19NO2/c11-7-5-8(6-7)13-10-4-2-1-3-9(10)12/h7-10,12H,1-6,11H2. The molecule has 0 aromatic carbocycles. The van der Waals surface area contributed by atoms with Crippen LogP contribution in [-0.2, 0) is 4.74 Å². The monoisotopic (exact) mass is 185 g/mol. The number of hydrogen-bond donors (Lipinski definition) is 2. The van der Waals surface area contributed by atoms with E-state index in [1.807, 2.05) is 0 Å². The molecule has 0 saturated heterocycles. The Morgan fingerprint density at radius 2 is 1.85 bits per heavy atom. The Labute approximate surface area is 79.3 Å². The summed E-state index contributed by atoms with van der Waals surface area (Å²) in [5, 5.41) is 9.65. The highest BCUT2D eigenvalue weighted by Crippen LogP contribution is 2.28. The lowest BCUT2D eigenvalue weighted by Gasteiger charge is -2.38. The summed E-state index contributed by atoms with van der Waals surface area (Å²) in [5.74, 6) is 0. The highest BCUT2D eigenvalue weighted by molar-refractivity contribution is 4.85. The van der Waals surface area contributed by atoms with E-state index >= 15 is 0 Å². The van der Waals surface area contributed by atoms with E-state index < -0.39 is 0 Å². The molecule has 2 aliphatic rings. The summed E-state index contributed by atoms with van der Waals surface area (Å²) in [6.45, 7) is 0. The van der Waals surface area contributed by atoms with Crippen LogP contribution in [0.5, 0.6) is 0 Å². The van der Waals surface area contributed by atoms with Crippen molar-refractivity contribution in [2.75, 3.05) is 0 Å². The summed E-state index contributed by atoms with van der Waals surface area (Å²) in [5.41, 5.74) is 5.67. The van der Waals surface area contributed by atoms with Gasteiger partial charge in [-0.2, -0.15) is 0 Å². The summed E-state index contributed by atoms with van der Waals surface area (Å²) in [4.78, 5) is 0. The van der Waals surface area contributed by atoms with Gasteiger partial charge in [0.1, 0.15) is 0 Å². The molecule has 76 valence electrons. The first-order valence-electron chi connectivity index (χ1n) is 5.35. The number of hydrogen-bond acceptors (Lipinski definition) is 3. The molecule has 0 radical (unpaired) electrons. The number of nitrogens with two attached hydrogens (primary N) is 1. The second-order valence-corrected chi connectivity index (χ2v) is 4.38. The minimum Gasteiger partial charge on any atom is -0.390 e. The molecule has 2 saturated carbocycles. The molecule has 0 aliphatic heterocycles. The van der Waals surface area contributed by atoms with Gasteiger partial charge in [0.2, 0.25) is 0 Å². The maximum Gasteiger partial charge on any atom is 0.0837 e. The molecule has 0 bridgehead atoms. The van der Waals surface area contributed by atoms with Crippen molar-refractivity contribution in [3.8, 4) is 0 Å². The van der Waals surface area contributed by atoms with Crippen LogP contribution < -0.4 is 5.73 Å².